The Hall–Kier alpha value is -1.26. The second-order valence-corrected chi connectivity index (χ2v) is 4.81. The summed E-state index contributed by atoms with van der Waals surface area (Å²) in [6.07, 6.45) is 1.63. The summed E-state index contributed by atoms with van der Waals surface area (Å²) in [4.78, 5) is 24.0. The van der Waals surface area contributed by atoms with Gasteiger partial charge in [0, 0.05) is 11.6 Å². The van der Waals surface area contributed by atoms with Crippen molar-refractivity contribution < 1.29 is 14.7 Å². The van der Waals surface area contributed by atoms with E-state index in [4.69, 9.17) is 5.11 Å². The molecule has 0 heterocycles. The van der Waals surface area contributed by atoms with Gasteiger partial charge in [-0.15, -0.1) is 0 Å². The molecule has 0 aromatic rings. The number of nitrogens with zero attached hydrogens (tertiary/aromatic N) is 1. The van der Waals surface area contributed by atoms with Crippen LogP contribution in [0.1, 0.15) is 47.5 Å². The molecule has 5 heteroatoms. The van der Waals surface area contributed by atoms with Gasteiger partial charge in [0.05, 0.1) is 0 Å². The summed E-state index contributed by atoms with van der Waals surface area (Å²) in [6.45, 7) is 9.30. The number of urea groups is 1. The number of hydrogen-bond acceptors (Lipinski definition) is 2. The van der Waals surface area contributed by atoms with Crippen molar-refractivity contribution in [3.8, 4) is 0 Å². The molecular weight excluding hydrogens is 220 g/mol. The minimum absolute atomic E-state index is 0.135. The van der Waals surface area contributed by atoms with Crippen LogP contribution in [0.15, 0.2) is 0 Å². The van der Waals surface area contributed by atoms with Gasteiger partial charge in [-0.25, -0.2) is 4.79 Å². The van der Waals surface area contributed by atoms with Gasteiger partial charge in [-0.3, -0.25) is 4.79 Å². The van der Waals surface area contributed by atoms with Gasteiger partial charge in [-0.1, -0.05) is 13.8 Å². The van der Waals surface area contributed by atoms with Crippen LogP contribution in [0.25, 0.3) is 0 Å². The molecule has 0 aliphatic carbocycles. The average molecular weight is 244 g/mol. The molecule has 0 saturated carbocycles. The fraction of sp³-hybridized carbons (Fsp3) is 0.833. The molecule has 0 aromatic heterocycles. The van der Waals surface area contributed by atoms with Gasteiger partial charge in [-0.05, 0) is 33.6 Å². The summed E-state index contributed by atoms with van der Waals surface area (Å²) in [7, 11) is 0. The van der Waals surface area contributed by atoms with E-state index in [2.05, 4.69) is 5.32 Å². The van der Waals surface area contributed by atoms with Gasteiger partial charge >= 0.3 is 12.0 Å². The summed E-state index contributed by atoms with van der Waals surface area (Å²) in [6, 6.07) is -0.447. The van der Waals surface area contributed by atoms with E-state index < -0.39 is 5.97 Å². The highest BCUT2D eigenvalue weighted by Crippen LogP contribution is 2.14. The maximum atomic E-state index is 12.0. The maximum Gasteiger partial charge on any atom is 0.323 e. The van der Waals surface area contributed by atoms with Crippen molar-refractivity contribution in [3.63, 3.8) is 0 Å². The van der Waals surface area contributed by atoms with E-state index in [1.54, 1.807) is 13.8 Å². The van der Waals surface area contributed by atoms with E-state index in [-0.39, 0.29) is 24.2 Å². The first-order chi connectivity index (χ1) is 7.75. The zero-order chi connectivity index (χ0) is 13.6. The number of carboxylic acids is 1. The van der Waals surface area contributed by atoms with Crippen LogP contribution in [0, 0.1) is 0 Å². The quantitative estimate of drug-likeness (QED) is 0.751. The van der Waals surface area contributed by atoms with Gasteiger partial charge in [0.15, 0.2) is 0 Å². The van der Waals surface area contributed by atoms with Crippen LogP contribution in [-0.2, 0) is 4.79 Å². The normalized spacial score (nSPS) is 11.4. The number of carboxylic acid groups (broad SMARTS) is 1. The third kappa shape index (κ3) is 5.06. The van der Waals surface area contributed by atoms with Gasteiger partial charge < -0.3 is 15.3 Å². The summed E-state index contributed by atoms with van der Waals surface area (Å²) < 4.78 is 0. The number of nitrogens with one attached hydrogen (secondary N) is 1. The molecule has 100 valence electrons. The fourth-order valence-corrected chi connectivity index (χ4v) is 1.39. The number of rotatable bonds is 6. The largest absolute Gasteiger partial charge is 0.480 e. The van der Waals surface area contributed by atoms with Crippen LogP contribution < -0.4 is 5.32 Å². The Labute approximate surface area is 103 Å². The predicted octanol–water partition coefficient (Wildman–Crippen LogP) is 2.07. The Morgan fingerprint density at radius 3 is 2.06 bits per heavy atom. The third-order valence-corrected chi connectivity index (χ3v) is 3.16. The predicted molar refractivity (Wildman–Crippen MR) is 67.0 cm³/mol. The van der Waals surface area contributed by atoms with E-state index in [0.29, 0.717) is 0 Å². The molecular formula is C12H24N2O3. The van der Waals surface area contributed by atoms with Crippen LogP contribution >= 0.6 is 0 Å². The Balaban J connectivity index is 4.68. The minimum Gasteiger partial charge on any atom is -0.480 e. The first-order valence-corrected chi connectivity index (χ1v) is 6.06. The number of aliphatic carboxylic acids is 1. The second kappa shape index (κ2) is 6.47. The van der Waals surface area contributed by atoms with E-state index in [9.17, 15) is 9.59 Å². The molecule has 0 atom stereocenters. The molecule has 2 N–H and O–H groups in total. The lowest BCUT2D eigenvalue weighted by Gasteiger charge is -2.33. The molecule has 0 fully saturated rings. The molecule has 17 heavy (non-hydrogen) atoms. The highest BCUT2D eigenvalue weighted by Gasteiger charge is 2.27. The molecule has 0 aromatic carbocycles. The van der Waals surface area contributed by atoms with Gasteiger partial charge in [0.1, 0.15) is 6.54 Å². The summed E-state index contributed by atoms with van der Waals surface area (Å²) >= 11 is 0. The molecule has 0 unspecified atom stereocenters. The van der Waals surface area contributed by atoms with Gasteiger partial charge in [-0.2, -0.15) is 0 Å². The standard InChI is InChI=1S/C12H24N2O3/c1-6-12(5,7-2)13-11(17)14(9(3)4)8-10(15)16/h9H,6-8H2,1-5H3,(H,13,17)(H,15,16). The molecule has 0 aliphatic heterocycles. The Bertz CT molecular complexity index is 273. The van der Waals surface area contributed by atoms with E-state index >= 15 is 0 Å². The molecule has 0 saturated heterocycles. The topological polar surface area (TPSA) is 69.6 Å². The maximum absolute atomic E-state index is 12.0. The molecule has 0 radical (unpaired) electrons. The highest BCUT2D eigenvalue weighted by molar-refractivity contribution is 5.80. The van der Waals surface area contributed by atoms with Crippen LogP contribution in [0.4, 0.5) is 4.79 Å². The van der Waals surface area contributed by atoms with Crippen LogP contribution in [0.2, 0.25) is 0 Å². The molecule has 2 amide bonds. The number of hydrogen-bond donors (Lipinski definition) is 2. The first-order valence-electron chi connectivity index (χ1n) is 6.06. The van der Waals surface area contributed by atoms with E-state index in [1.807, 2.05) is 20.8 Å². The van der Waals surface area contributed by atoms with Gasteiger partial charge in [0.25, 0.3) is 0 Å². The SMILES string of the molecule is CCC(C)(CC)NC(=O)N(CC(=O)O)C(C)C. The summed E-state index contributed by atoms with van der Waals surface area (Å²) in [5.41, 5.74) is -0.275. The monoisotopic (exact) mass is 244 g/mol. The van der Waals surface area contributed by atoms with E-state index in [1.165, 1.54) is 4.90 Å². The van der Waals surface area contributed by atoms with Crippen molar-refractivity contribution in [2.45, 2.75) is 59.0 Å². The molecule has 0 spiro atoms. The van der Waals surface area contributed by atoms with Crippen molar-refractivity contribution in [1.29, 1.82) is 0 Å². The molecule has 0 bridgehead atoms. The van der Waals surface area contributed by atoms with Crippen LogP contribution in [0.3, 0.4) is 0 Å². The zero-order valence-corrected chi connectivity index (χ0v) is 11.4. The number of carbonyl (C=O) groups excluding carboxylic acids is 1. The average Bonchev–Trinajstić information content (AvgIpc) is 2.24. The Kier molecular flexibility index (Phi) is 5.99. The van der Waals surface area contributed by atoms with E-state index in [0.717, 1.165) is 12.8 Å². The van der Waals surface area contributed by atoms with Crippen molar-refractivity contribution in [2.24, 2.45) is 0 Å². The first kappa shape index (κ1) is 15.7. The Morgan fingerprint density at radius 1 is 1.29 bits per heavy atom. The van der Waals surface area contributed by atoms with Crippen molar-refractivity contribution in [1.82, 2.24) is 10.2 Å². The second-order valence-electron chi connectivity index (χ2n) is 4.81. The van der Waals surface area contributed by atoms with Crippen molar-refractivity contribution in [3.05, 3.63) is 0 Å². The smallest absolute Gasteiger partial charge is 0.323 e. The summed E-state index contributed by atoms with van der Waals surface area (Å²) in [5, 5.41) is 11.7. The lowest BCUT2D eigenvalue weighted by atomic mass is 9.96. The molecule has 5 nitrogen and oxygen atoms in total. The molecule has 0 aliphatic rings. The highest BCUT2D eigenvalue weighted by atomic mass is 16.4. The van der Waals surface area contributed by atoms with Crippen molar-refractivity contribution >= 4 is 12.0 Å². The Morgan fingerprint density at radius 2 is 1.76 bits per heavy atom. The fourth-order valence-electron chi connectivity index (χ4n) is 1.39. The van der Waals surface area contributed by atoms with Crippen molar-refractivity contribution in [2.75, 3.05) is 6.54 Å². The van der Waals surface area contributed by atoms with Crippen LogP contribution in [-0.4, -0.2) is 40.1 Å². The van der Waals surface area contributed by atoms with Crippen LogP contribution in [0.5, 0.6) is 0 Å². The number of amides is 2. The lowest BCUT2D eigenvalue weighted by molar-refractivity contribution is -0.138. The summed E-state index contributed by atoms with van der Waals surface area (Å²) in [5.74, 6) is -0.997. The van der Waals surface area contributed by atoms with Gasteiger partial charge in [0.2, 0.25) is 0 Å². The third-order valence-electron chi connectivity index (χ3n) is 3.16. The minimum atomic E-state index is -0.997. The lowest BCUT2D eigenvalue weighted by Crippen LogP contribution is -2.54. The molecule has 0 rings (SSSR count). The number of carbonyl (C=O) groups is 2. The zero-order valence-electron chi connectivity index (χ0n) is 11.4.